The molecule has 3 aliphatic rings. The minimum atomic E-state index is 0.635. The SMILES string of the molecule is CSc1nc2c(cc1C#N)C1CCN2CC1. The number of hydrogen-bond acceptors (Lipinski definition) is 4. The van der Waals surface area contributed by atoms with E-state index in [4.69, 9.17) is 5.26 Å². The Balaban J connectivity index is 2.18. The molecule has 1 aromatic heterocycles. The van der Waals surface area contributed by atoms with Crippen molar-refractivity contribution in [1.82, 2.24) is 4.98 Å². The van der Waals surface area contributed by atoms with Crippen LogP contribution in [-0.2, 0) is 0 Å². The van der Waals surface area contributed by atoms with Gasteiger partial charge in [-0.3, -0.25) is 0 Å². The van der Waals surface area contributed by atoms with E-state index < -0.39 is 0 Å². The summed E-state index contributed by atoms with van der Waals surface area (Å²) in [7, 11) is 0. The van der Waals surface area contributed by atoms with Gasteiger partial charge < -0.3 is 4.90 Å². The predicted molar refractivity (Wildman–Crippen MR) is 64.9 cm³/mol. The second kappa shape index (κ2) is 3.67. The third-order valence-corrected chi connectivity index (χ3v) is 4.24. The molecular weight excluding hydrogens is 218 g/mol. The number of anilines is 1. The molecule has 0 N–H and O–H groups in total. The molecule has 1 fully saturated rings. The summed E-state index contributed by atoms with van der Waals surface area (Å²) >= 11 is 1.56. The lowest BCUT2D eigenvalue weighted by atomic mass is 9.84. The molecule has 0 saturated carbocycles. The zero-order valence-corrected chi connectivity index (χ0v) is 10.0. The standard InChI is InChI=1S/C12H13N3S/c1-16-12-9(7-13)6-10-8-2-4-15(5-3-8)11(10)14-12/h6,8H,2-5H2,1H3. The summed E-state index contributed by atoms with van der Waals surface area (Å²) < 4.78 is 0. The number of rotatable bonds is 1. The Kier molecular flexibility index (Phi) is 2.29. The van der Waals surface area contributed by atoms with Crippen molar-refractivity contribution in [2.24, 2.45) is 0 Å². The zero-order valence-electron chi connectivity index (χ0n) is 9.23. The van der Waals surface area contributed by atoms with Crippen LogP contribution in [0.3, 0.4) is 0 Å². The topological polar surface area (TPSA) is 39.9 Å². The molecule has 0 amide bonds. The molecule has 2 bridgehead atoms. The van der Waals surface area contributed by atoms with Crippen molar-refractivity contribution in [3.05, 3.63) is 17.2 Å². The fourth-order valence-corrected chi connectivity index (χ4v) is 3.20. The molecule has 0 radical (unpaired) electrons. The number of piperidine rings is 1. The van der Waals surface area contributed by atoms with E-state index in [0.29, 0.717) is 5.92 Å². The number of nitriles is 1. The molecule has 0 atom stereocenters. The molecule has 3 nitrogen and oxygen atoms in total. The third kappa shape index (κ3) is 1.31. The maximum Gasteiger partial charge on any atom is 0.133 e. The number of thioether (sulfide) groups is 1. The average Bonchev–Trinajstić information content (AvgIpc) is 2.38. The van der Waals surface area contributed by atoms with Gasteiger partial charge in [-0.05, 0) is 36.6 Å². The number of aromatic nitrogens is 1. The van der Waals surface area contributed by atoms with Gasteiger partial charge in [0.25, 0.3) is 0 Å². The van der Waals surface area contributed by atoms with Crippen LogP contribution in [0.5, 0.6) is 0 Å². The van der Waals surface area contributed by atoms with E-state index in [1.807, 2.05) is 6.26 Å². The van der Waals surface area contributed by atoms with Gasteiger partial charge in [0.1, 0.15) is 16.9 Å². The van der Waals surface area contributed by atoms with Crippen LogP contribution in [0, 0.1) is 11.3 Å². The lowest BCUT2D eigenvalue weighted by molar-refractivity contribution is 0.467. The van der Waals surface area contributed by atoms with Crippen LogP contribution >= 0.6 is 11.8 Å². The summed E-state index contributed by atoms with van der Waals surface area (Å²) in [5.74, 6) is 1.77. The minimum Gasteiger partial charge on any atom is -0.356 e. The van der Waals surface area contributed by atoms with Gasteiger partial charge in [-0.1, -0.05) is 0 Å². The van der Waals surface area contributed by atoms with Crippen LogP contribution in [0.1, 0.15) is 29.9 Å². The summed E-state index contributed by atoms with van der Waals surface area (Å²) in [5.41, 5.74) is 2.03. The van der Waals surface area contributed by atoms with E-state index in [2.05, 4.69) is 22.0 Å². The van der Waals surface area contributed by atoms with Gasteiger partial charge in [0.2, 0.25) is 0 Å². The van der Waals surface area contributed by atoms with Gasteiger partial charge in [-0.25, -0.2) is 4.98 Å². The van der Waals surface area contributed by atoms with E-state index in [9.17, 15) is 0 Å². The second-order valence-corrected chi connectivity index (χ2v) is 5.13. The first-order valence-electron chi connectivity index (χ1n) is 5.57. The summed E-state index contributed by atoms with van der Waals surface area (Å²) in [4.78, 5) is 7.01. The van der Waals surface area contributed by atoms with Gasteiger partial charge in [0, 0.05) is 13.1 Å². The van der Waals surface area contributed by atoms with Crippen molar-refractivity contribution in [3.8, 4) is 6.07 Å². The molecule has 82 valence electrons. The quantitative estimate of drug-likeness (QED) is 0.696. The van der Waals surface area contributed by atoms with Gasteiger partial charge in [-0.15, -0.1) is 11.8 Å². The normalized spacial score (nSPS) is 18.4. The van der Waals surface area contributed by atoms with E-state index in [1.54, 1.807) is 11.8 Å². The Morgan fingerprint density at radius 2 is 2.25 bits per heavy atom. The van der Waals surface area contributed by atoms with Gasteiger partial charge in [0.15, 0.2) is 0 Å². The largest absolute Gasteiger partial charge is 0.356 e. The van der Waals surface area contributed by atoms with Crippen molar-refractivity contribution in [2.45, 2.75) is 23.8 Å². The lowest BCUT2D eigenvalue weighted by Gasteiger charge is -2.41. The molecule has 4 heterocycles. The van der Waals surface area contributed by atoms with E-state index in [1.165, 1.54) is 18.4 Å². The van der Waals surface area contributed by atoms with Crippen LogP contribution in [0.25, 0.3) is 0 Å². The average molecular weight is 231 g/mol. The number of hydrogen-bond donors (Lipinski definition) is 0. The molecule has 0 aromatic carbocycles. The Labute approximate surface area is 99.5 Å². The highest BCUT2D eigenvalue weighted by Gasteiger charge is 2.32. The Morgan fingerprint density at radius 3 is 2.88 bits per heavy atom. The molecule has 0 spiro atoms. The van der Waals surface area contributed by atoms with Crippen molar-refractivity contribution in [3.63, 3.8) is 0 Å². The highest BCUT2D eigenvalue weighted by molar-refractivity contribution is 7.98. The lowest BCUT2D eigenvalue weighted by Crippen LogP contribution is -2.39. The van der Waals surface area contributed by atoms with Crippen molar-refractivity contribution in [1.29, 1.82) is 5.26 Å². The first-order chi connectivity index (χ1) is 7.83. The summed E-state index contributed by atoms with van der Waals surface area (Å²) in [6.45, 7) is 2.26. The molecule has 0 unspecified atom stereocenters. The minimum absolute atomic E-state index is 0.635. The summed E-state index contributed by atoms with van der Waals surface area (Å²) in [6.07, 6.45) is 4.42. The maximum atomic E-state index is 9.10. The van der Waals surface area contributed by atoms with Crippen molar-refractivity contribution in [2.75, 3.05) is 24.2 Å². The molecule has 4 rings (SSSR count). The van der Waals surface area contributed by atoms with Crippen LogP contribution in [-0.4, -0.2) is 24.3 Å². The maximum absolute atomic E-state index is 9.10. The molecular formula is C12H13N3S. The number of fused-ring (bicyclic) bond motifs is 2. The molecule has 16 heavy (non-hydrogen) atoms. The van der Waals surface area contributed by atoms with Crippen LogP contribution < -0.4 is 4.90 Å². The van der Waals surface area contributed by atoms with E-state index in [0.717, 1.165) is 29.5 Å². The fraction of sp³-hybridized carbons (Fsp3) is 0.500. The summed E-state index contributed by atoms with van der Waals surface area (Å²) in [5, 5.41) is 9.97. The monoisotopic (exact) mass is 231 g/mol. The Morgan fingerprint density at radius 1 is 1.50 bits per heavy atom. The van der Waals surface area contributed by atoms with Gasteiger partial charge >= 0.3 is 0 Å². The molecule has 4 heteroatoms. The van der Waals surface area contributed by atoms with Crippen molar-refractivity contribution >= 4 is 17.6 Å². The van der Waals surface area contributed by atoms with Gasteiger partial charge in [-0.2, -0.15) is 5.26 Å². The van der Waals surface area contributed by atoms with Crippen LogP contribution in [0.15, 0.2) is 11.1 Å². The third-order valence-electron chi connectivity index (χ3n) is 3.54. The highest BCUT2D eigenvalue weighted by atomic mass is 32.2. The van der Waals surface area contributed by atoms with Crippen LogP contribution in [0.4, 0.5) is 5.82 Å². The first-order valence-corrected chi connectivity index (χ1v) is 6.80. The summed E-state index contributed by atoms with van der Waals surface area (Å²) in [6, 6.07) is 4.31. The Hall–Kier alpha value is -1.21. The molecule has 0 aliphatic carbocycles. The fourth-order valence-electron chi connectivity index (χ4n) is 2.69. The molecule has 1 saturated heterocycles. The molecule has 1 aromatic rings. The number of pyridine rings is 1. The predicted octanol–water partition coefficient (Wildman–Crippen LogP) is 2.37. The van der Waals surface area contributed by atoms with E-state index in [-0.39, 0.29) is 0 Å². The highest BCUT2D eigenvalue weighted by Crippen LogP contribution is 2.42. The van der Waals surface area contributed by atoms with Gasteiger partial charge in [0.05, 0.1) is 5.56 Å². The first kappa shape index (κ1) is 9.98. The second-order valence-electron chi connectivity index (χ2n) is 4.33. The molecule has 3 aliphatic heterocycles. The van der Waals surface area contributed by atoms with Crippen molar-refractivity contribution < 1.29 is 0 Å². The smallest absolute Gasteiger partial charge is 0.133 e. The number of nitrogens with zero attached hydrogens (tertiary/aromatic N) is 3. The Bertz CT molecular complexity index is 470. The zero-order chi connectivity index (χ0) is 11.1. The van der Waals surface area contributed by atoms with E-state index >= 15 is 0 Å². The van der Waals surface area contributed by atoms with Crippen LogP contribution in [0.2, 0.25) is 0 Å².